The third-order valence-electron chi connectivity index (χ3n) is 2.88. The Balaban J connectivity index is 2.21. The number of nitrogens with one attached hydrogen (secondary N) is 2. The van der Waals surface area contributed by atoms with Crippen LogP contribution in [0.15, 0.2) is 30.5 Å². The van der Waals surface area contributed by atoms with Crippen LogP contribution in [0.25, 0.3) is 10.9 Å². The Kier molecular flexibility index (Phi) is 3.82. The number of amides is 1. The smallest absolute Gasteiger partial charge is 0.326 e. The summed E-state index contributed by atoms with van der Waals surface area (Å²) in [5.74, 6) is -1.83. The summed E-state index contributed by atoms with van der Waals surface area (Å²) in [6.45, 7) is -0.725. The van der Waals surface area contributed by atoms with Crippen LogP contribution in [-0.2, 0) is 16.0 Å². The van der Waals surface area contributed by atoms with E-state index < -0.39 is 24.5 Å². The lowest BCUT2D eigenvalue weighted by Crippen LogP contribution is -2.43. The van der Waals surface area contributed by atoms with E-state index in [2.05, 4.69) is 10.3 Å². The summed E-state index contributed by atoms with van der Waals surface area (Å²) < 4.78 is 0. The number of aliphatic hydroxyl groups excluding tert-OH is 1. The molecule has 4 N–H and O–H groups in total. The number of H-pyrrole nitrogens is 1. The summed E-state index contributed by atoms with van der Waals surface area (Å²) in [5.41, 5.74) is 1.72. The first-order valence-corrected chi connectivity index (χ1v) is 5.80. The van der Waals surface area contributed by atoms with Crippen LogP contribution in [-0.4, -0.2) is 39.7 Å². The first kappa shape index (κ1) is 13.1. The molecule has 2 aromatic rings. The Morgan fingerprint density at radius 2 is 2.05 bits per heavy atom. The Hall–Kier alpha value is -2.34. The number of carbonyl (C=O) groups excluding carboxylic acids is 1. The number of fused-ring (bicyclic) bond motifs is 1. The molecule has 0 unspecified atom stereocenters. The van der Waals surface area contributed by atoms with E-state index in [-0.39, 0.29) is 6.42 Å². The maximum atomic E-state index is 11.1. The number of hydrogen-bond acceptors (Lipinski definition) is 3. The van der Waals surface area contributed by atoms with Crippen molar-refractivity contribution in [1.29, 1.82) is 0 Å². The molecule has 1 heterocycles. The van der Waals surface area contributed by atoms with E-state index in [0.29, 0.717) is 0 Å². The summed E-state index contributed by atoms with van der Waals surface area (Å²) in [4.78, 5) is 25.2. The largest absolute Gasteiger partial charge is 0.480 e. The molecule has 0 aliphatic carbocycles. The molecular weight excluding hydrogens is 248 g/mol. The van der Waals surface area contributed by atoms with Crippen molar-refractivity contribution in [1.82, 2.24) is 10.3 Å². The van der Waals surface area contributed by atoms with Crippen molar-refractivity contribution in [2.75, 3.05) is 6.61 Å². The van der Waals surface area contributed by atoms with E-state index in [0.717, 1.165) is 16.5 Å². The maximum Gasteiger partial charge on any atom is 0.326 e. The predicted molar refractivity (Wildman–Crippen MR) is 68.7 cm³/mol. The number of benzene rings is 1. The van der Waals surface area contributed by atoms with Gasteiger partial charge in [0.2, 0.25) is 5.91 Å². The van der Waals surface area contributed by atoms with Crippen LogP contribution in [0, 0.1) is 0 Å². The monoisotopic (exact) mass is 262 g/mol. The lowest BCUT2D eigenvalue weighted by Gasteiger charge is -2.13. The Morgan fingerprint density at radius 3 is 2.74 bits per heavy atom. The zero-order chi connectivity index (χ0) is 13.8. The molecule has 6 nitrogen and oxygen atoms in total. The third-order valence-corrected chi connectivity index (χ3v) is 2.88. The van der Waals surface area contributed by atoms with Gasteiger partial charge < -0.3 is 20.5 Å². The summed E-state index contributed by atoms with van der Waals surface area (Å²) in [7, 11) is 0. The molecule has 0 aliphatic heterocycles. The maximum absolute atomic E-state index is 11.1. The number of aromatic nitrogens is 1. The second kappa shape index (κ2) is 5.53. The van der Waals surface area contributed by atoms with Gasteiger partial charge in [-0.25, -0.2) is 4.79 Å². The number of rotatable bonds is 5. The van der Waals surface area contributed by atoms with Crippen LogP contribution in [0.2, 0.25) is 0 Å². The van der Waals surface area contributed by atoms with E-state index in [4.69, 9.17) is 10.2 Å². The topological polar surface area (TPSA) is 102 Å². The lowest BCUT2D eigenvalue weighted by atomic mass is 10.1. The summed E-state index contributed by atoms with van der Waals surface area (Å²) >= 11 is 0. The van der Waals surface area contributed by atoms with Gasteiger partial charge in [0, 0.05) is 23.5 Å². The Bertz CT molecular complexity index is 605. The Morgan fingerprint density at radius 1 is 1.32 bits per heavy atom. The number of carbonyl (C=O) groups is 2. The molecule has 0 spiro atoms. The fourth-order valence-corrected chi connectivity index (χ4v) is 1.96. The average molecular weight is 262 g/mol. The quantitative estimate of drug-likeness (QED) is 0.621. The molecule has 1 amide bonds. The van der Waals surface area contributed by atoms with E-state index in [9.17, 15) is 9.59 Å². The first-order chi connectivity index (χ1) is 9.11. The molecule has 100 valence electrons. The van der Waals surface area contributed by atoms with Crippen molar-refractivity contribution < 1.29 is 19.8 Å². The van der Waals surface area contributed by atoms with Gasteiger partial charge in [-0.3, -0.25) is 4.79 Å². The van der Waals surface area contributed by atoms with Crippen LogP contribution >= 0.6 is 0 Å². The molecular formula is C13H14N2O4. The van der Waals surface area contributed by atoms with Crippen LogP contribution in [0.1, 0.15) is 5.56 Å². The van der Waals surface area contributed by atoms with Gasteiger partial charge in [-0.15, -0.1) is 0 Å². The molecule has 0 bridgehead atoms. The molecule has 1 aromatic carbocycles. The first-order valence-electron chi connectivity index (χ1n) is 5.80. The van der Waals surface area contributed by atoms with E-state index >= 15 is 0 Å². The molecule has 0 saturated heterocycles. The van der Waals surface area contributed by atoms with Gasteiger partial charge in [0.15, 0.2) is 0 Å². The highest BCUT2D eigenvalue weighted by Gasteiger charge is 2.21. The van der Waals surface area contributed by atoms with Gasteiger partial charge in [-0.1, -0.05) is 18.2 Å². The Labute approximate surface area is 109 Å². The number of carboxylic acids is 1. The molecule has 1 aromatic heterocycles. The van der Waals surface area contributed by atoms with E-state index in [1.54, 1.807) is 6.20 Å². The molecule has 0 saturated carbocycles. The number of aliphatic hydroxyl groups is 1. The molecule has 6 heteroatoms. The lowest BCUT2D eigenvalue weighted by molar-refractivity contribution is -0.142. The normalized spacial score (nSPS) is 12.3. The van der Waals surface area contributed by atoms with Crippen LogP contribution < -0.4 is 5.32 Å². The van der Waals surface area contributed by atoms with Crippen molar-refractivity contribution in [2.45, 2.75) is 12.5 Å². The molecule has 2 rings (SSSR count). The predicted octanol–water partition coefficient (Wildman–Crippen LogP) is 0.272. The second-order valence-corrected chi connectivity index (χ2v) is 4.18. The van der Waals surface area contributed by atoms with Crippen molar-refractivity contribution >= 4 is 22.8 Å². The summed E-state index contributed by atoms with van der Waals surface area (Å²) in [6, 6.07) is 6.46. The van der Waals surface area contributed by atoms with E-state index in [1.165, 1.54) is 0 Å². The van der Waals surface area contributed by atoms with Gasteiger partial charge in [0.25, 0.3) is 0 Å². The van der Waals surface area contributed by atoms with E-state index in [1.807, 2.05) is 24.3 Å². The molecule has 19 heavy (non-hydrogen) atoms. The second-order valence-electron chi connectivity index (χ2n) is 4.18. The number of aliphatic carboxylic acids is 1. The van der Waals surface area contributed by atoms with Crippen molar-refractivity contribution in [2.24, 2.45) is 0 Å². The average Bonchev–Trinajstić information content (AvgIpc) is 2.81. The van der Waals surface area contributed by atoms with Gasteiger partial charge >= 0.3 is 5.97 Å². The number of para-hydroxylation sites is 1. The standard InChI is InChI=1S/C13H14N2O4/c16-7-12(17)15-11(13(18)19)5-8-6-14-10-4-2-1-3-9(8)10/h1-4,6,11,14,16H,5,7H2,(H,15,17)(H,18,19)/t11-/m0/s1. The third kappa shape index (κ3) is 2.92. The highest BCUT2D eigenvalue weighted by molar-refractivity contribution is 5.86. The van der Waals surface area contributed by atoms with Crippen molar-refractivity contribution in [3.8, 4) is 0 Å². The fraction of sp³-hybridized carbons (Fsp3) is 0.231. The van der Waals surface area contributed by atoms with Gasteiger partial charge in [0.1, 0.15) is 12.6 Å². The zero-order valence-electron chi connectivity index (χ0n) is 10.1. The minimum absolute atomic E-state index is 0.158. The van der Waals surface area contributed by atoms with Crippen LogP contribution in [0.5, 0.6) is 0 Å². The fourth-order valence-electron chi connectivity index (χ4n) is 1.96. The molecule has 0 fully saturated rings. The SMILES string of the molecule is O=C(CO)N[C@@H](Cc1c[nH]c2ccccc12)C(=O)O. The minimum atomic E-state index is -1.13. The van der Waals surface area contributed by atoms with Gasteiger partial charge in [0.05, 0.1) is 0 Å². The molecule has 0 radical (unpaired) electrons. The van der Waals surface area contributed by atoms with Crippen LogP contribution in [0.3, 0.4) is 0 Å². The van der Waals surface area contributed by atoms with Gasteiger partial charge in [-0.2, -0.15) is 0 Å². The molecule has 0 aliphatic rings. The van der Waals surface area contributed by atoms with Crippen molar-refractivity contribution in [3.05, 3.63) is 36.0 Å². The molecule has 1 atom stereocenters. The number of aromatic amines is 1. The summed E-state index contributed by atoms with van der Waals surface area (Å²) in [6.07, 6.45) is 1.89. The highest BCUT2D eigenvalue weighted by Crippen LogP contribution is 2.19. The summed E-state index contributed by atoms with van der Waals surface area (Å²) in [5, 5.41) is 20.9. The number of carboxylic acid groups (broad SMARTS) is 1. The van der Waals surface area contributed by atoms with Gasteiger partial charge in [-0.05, 0) is 11.6 Å². The highest BCUT2D eigenvalue weighted by atomic mass is 16.4. The minimum Gasteiger partial charge on any atom is -0.480 e. The zero-order valence-corrected chi connectivity index (χ0v) is 10.1. The van der Waals surface area contributed by atoms with Crippen molar-refractivity contribution in [3.63, 3.8) is 0 Å². The number of hydrogen-bond donors (Lipinski definition) is 4. The van der Waals surface area contributed by atoms with Crippen LogP contribution in [0.4, 0.5) is 0 Å².